The zero-order valence-electron chi connectivity index (χ0n) is 12.1. The van der Waals surface area contributed by atoms with E-state index in [4.69, 9.17) is 21.1 Å². The molecule has 0 saturated carbocycles. The highest BCUT2D eigenvalue weighted by molar-refractivity contribution is 6.30. The van der Waals surface area contributed by atoms with E-state index in [0.717, 1.165) is 4.90 Å². The third-order valence-electron chi connectivity index (χ3n) is 2.95. The monoisotopic (exact) mass is 349 g/mol. The highest BCUT2D eigenvalue weighted by atomic mass is 35.5. The molecule has 0 radical (unpaired) electrons. The van der Waals surface area contributed by atoms with Gasteiger partial charge in [-0.2, -0.15) is 13.2 Å². The number of benzene rings is 1. The highest BCUT2D eigenvalue weighted by Crippen LogP contribution is 2.22. The fourth-order valence-corrected chi connectivity index (χ4v) is 2.11. The zero-order chi connectivity index (χ0) is 16.9. The Morgan fingerprint density at radius 3 is 2.48 bits per heavy atom. The van der Waals surface area contributed by atoms with Crippen molar-refractivity contribution in [1.29, 1.82) is 0 Å². The summed E-state index contributed by atoms with van der Waals surface area (Å²) in [6, 6.07) is 6.66. The number of nitrogens with zero attached hydrogens (tertiary/aromatic N) is 3. The van der Waals surface area contributed by atoms with E-state index in [1.165, 1.54) is 0 Å². The summed E-state index contributed by atoms with van der Waals surface area (Å²) in [6.45, 7) is -1.35. The lowest BCUT2D eigenvalue weighted by Gasteiger charge is -2.21. The van der Waals surface area contributed by atoms with E-state index in [-0.39, 0.29) is 37.9 Å². The van der Waals surface area contributed by atoms with Gasteiger partial charge in [-0.15, -0.1) is 10.2 Å². The molecule has 1 aromatic carbocycles. The Morgan fingerprint density at radius 1 is 1.17 bits per heavy atom. The Kier molecular flexibility index (Phi) is 5.97. The lowest BCUT2D eigenvalue weighted by Crippen LogP contribution is -2.35. The molecule has 0 amide bonds. The molecule has 5 nitrogen and oxygen atoms in total. The molecule has 0 aliphatic heterocycles. The van der Waals surface area contributed by atoms with Crippen molar-refractivity contribution in [3.63, 3.8) is 0 Å². The average molecular weight is 350 g/mol. The molecule has 1 heterocycles. The van der Waals surface area contributed by atoms with Gasteiger partial charge in [-0.25, -0.2) is 0 Å². The van der Waals surface area contributed by atoms with Crippen LogP contribution in [0.15, 0.2) is 28.7 Å². The van der Waals surface area contributed by atoms with Crippen LogP contribution in [-0.4, -0.2) is 46.1 Å². The van der Waals surface area contributed by atoms with Crippen molar-refractivity contribution < 1.29 is 22.7 Å². The molecule has 0 aliphatic rings. The Morgan fingerprint density at radius 2 is 1.87 bits per heavy atom. The van der Waals surface area contributed by atoms with Crippen molar-refractivity contribution in [2.24, 2.45) is 0 Å². The standard InChI is InChI=1S/C14H15ClF3N3O2/c15-11-4-2-10(3-5-11)13-20-19-12(23-13)8-21(6-1-7-22)9-14(16,17)18/h2-5,22H,1,6-9H2. The first-order valence-corrected chi connectivity index (χ1v) is 7.23. The minimum absolute atomic E-state index is 0.0780. The number of hydrogen-bond acceptors (Lipinski definition) is 5. The summed E-state index contributed by atoms with van der Waals surface area (Å²) in [5.74, 6) is 0.294. The predicted octanol–water partition coefficient (Wildman–Crippen LogP) is 3.14. The Balaban J connectivity index is 2.06. The van der Waals surface area contributed by atoms with Gasteiger partial charge in [0.1, 0.15) is 0 Å². The van der Waals surface area contributed by atoms with Gasteiger partial charge in [-0.3, -0.25) is 4.90 Å². The fraction of sp³-hybridized carbons (Fsp3) is 0.429. The van der Waals surface area contributed by atoms with Gasteiger partial charge in [0.25, 0.3) is 0 Å². The summed E-state index contributed by atoms with van der Waals surface area (Å²) in [4.78, 5) is 1.11. The van der Waals surface area contributed by atoms with Crippen LogP contribution in [0.3, 0.4) is 0 Å². The van der Waals surface area contributed by atoms with Crippen LogP contribution in [0, 0.1) is 0 Å². The smallest absolute Gasteiger partial charge is 0.401 e. The number of alkyl halides is 3. The summed E-state index contributed by atoms with van der Waals surface area (Å²) in [6.07, 6.45) is -4.11. The second-order valence-electron chi connectivity index (χ2n) is 4.91. The van der Waals surface area contributed by atoms with Crippen LogP contribution >= 0.6 is 11.6 Å². The summed E-state index contributed by atoms with van der Waals surface area (Å²) >= 11 is 5.78. The van der Waals surface area contributed by atoms with Gasteiger partial charge in [0.05, 0.1) is 13.1 Å². The van der Waals surface area contributed by atoms with Crippen molar-refractivity contribution in [1.82, 2.24) is 15.1 Å². The van der Waals surface area contributed by atoms with Crippen molar-refractivity contribution in [2.45, 2.75) is 19.1 Å². The van der Waals surface area contributed by atoms with Crippen LogP contribution < -0.4 is 0 Å². The molecule has 0 aliphatic carbocycles. The van der Waals surface area contributed by atoms with Gasteiger partial charge in [-0.1, -0.05) is 11.6 Å². The second-order valence-corrected chi connectivity index (χ2v) is 5.35. The number of aliphatic hydroxyl groups excluding tert-OH is 1. The minimum atomic E-state index is -4.34. The normalized spacial score (nSPS) is 12.1. The summed E-state index contributed by atoms with van der Waals surface area (Å²) in [5.41, 5.74) is 0.630. The number of halogens is 4. The van der Waals surface area contributed by atoms with Gasteiger partial charge in [0.2, 0.25) is 11.8 Å². The van der Waals surface area contributed by atoms with Crippen molar-refractivity contribution in [2.75, 3.05) is 19.7 Å². The lowest BCUT2D eigenvalue weighted by atomic mass is 10.2. The maximum Gasteiger partial charge on any atom is 0.401 e. The van der Waals surface area contributed by atoms with Gasteiger partial charge >= 0.3 is 6.18 Å². The van der Waals surface area contributed by atoms with Gasteiger partial charge in [-0.05, 0) is 30.7 Å². The molecule has 1 aromatic heterocycles. The molecular weight excluding hydrogens is 335 g/mol. The number of aromatic nitrogens is 2. The van der Waals surface area contributed by atoms with E-state index in [1.807, 2.05) is 0 Å². The second kappa shape index (κ2) is 7.76. The number of hydrogen-bond donors (Lipinski definition) is 1. The molecule has 126 valence electrons. The topological polar surface area (TPSA) is 62.4 Å². The largest absolute Gasteiger partial charge is 0.419 e. The summed E-state index contributed by atoms with van der Waals surface area (Å²) in [5, 5.41) is 16.9. The number of rotatable bonds is 7. The van der Waals surface area contributed by atoms with Crippen LogP contribution in [0.2, 0.25) is 5.02 Å². The van der Waals surface area contributed by atoms with Gasteiger partial charge < -0.3 is 9.52 Å². The van der Waals surface area contributed by atoms with E-state index < -0.39 is 12.7 Å². The van der Waals surface area contributed by atoms with Crippen LogP contribution in [0.5, 0.6) is 0 Å². The van der Waals surface area contributed by atoms with Crippen LogP contribution in [0.1, 0.15) is 12.3 Å². The van der Waals surface area contributed by atoms with Crippen molar-refractivity contribution in [3.05, 3.63) is 35.2 Å². The fourth-order valence-electron chi connectivity index (χ4n) is 1.98. The van der Waals surface area contributed by atoms with Crippen LogP contribution in [0.25, 0.3) is 11.5 Å². The Bertz CT molecular complexity index is 616. The zero-order valence-corrected chi connectivity index (χ0v) is 12.8. The molecule has 0 bridgehead atoms. The first-order valence-electron chi connectivity index (χ1n) is 6.85. The van der Waals surface area contributed by atoms with E-state index >= 15 is 0 Å². The predicted molar refractivity (Wildman–Crippen MR) is 77.8 cm³/mol. The van der Waals surface area contributed by atoms with E-state index in [9.17, 15) is 13.2 Å². The minimum Gasteiger partial charge on any atom is -0.419 e. The van der Waals surface area contributed by atoms with Crippen LogP contribution in [-0.2, 0) is 6.54 Å². The molecule has 0 atom stereocenters. The lowest BCUT2D eigenvalue weighted by molar-refractivity contribution is -0.148. The highest BCUT2D eigenvalue weighted by Gasteiger charge is 2.31. The third-order valence-corrected chi connectivity index (χ3v) is 3.20. The van der Waals surface area contributed by atoms with E-state index in [0.29, 0.717) is 10.6 Å². The summed E-state index contributed by atoms with van der Waals surface area (Å²) < 4.78 is 43.1. The van der Waals surface area contributed by atoms with Crippen LogP contribution in [0.4, 0.5) is 13.2 Å². The quantitative estimate of drug-likeness (QED) is 0.832. The molecule has 2 rings (SSSR count). The molecule has 1 N–H and O–H groups in total. The first-order chi connectivity index (χ1) is 10.9. The molecular formula is C14H15ClF3N3O2. The maximum atomic E-state index is 12.6. The molecule has 0 fully saturated rings. The number of aliphatic hydroxyl groups is 1. The third kappa shape index (κ3) is 5.81. The molecule has 0 unspecified atom stereocenters. The molecule has 9 heteroatoms. The molecule has 0 saturated heterocycles. The molecule has 0 spiro atoms. The molecule has 23 heavy (non-hydrogen) atoms. The first kappa shape index (κ1) is 17.7. The van der Waals surface area contributed by atoms with Crippen molar-refractivity contribution in [3.8, 4) is 11.5 Å². The molecule has 2 aromatic rings. The van der Waals surface area contributed by atoms with E-state index in [2.05, 4.69) is 10.2 Å². The summed E-state index contributed by atoms with van der Waals surface area (Å²) in [7, 11) is 0. The van der Waals surface area contributed by atoms with Gasteiger partial charge in [0.15, 0.2) is 0 Å². The van der Waals surface area contributed by atoms with E-state index in [1.54, 1.807) is 24.3 Å². The Hall–Kier alpha value is -1.64. The van der Waals surface area contributed by atoms with Crippen molar-refractivity contribution >= 4 is 11.6 Å². The maximum absolute atomic E-state index is 12.6. The van der Waals surface area contributed by atoms with Gasteiger partial charge in [0, 0.05) is 23.7 Å². The average Bonchev–Trinajstić information content (AvgIpc) is 2.92. The Labute approximate surface area is 135 Å². The SMILES string of the molecule is OCCCN(Cc1nnc(-c2ccc(Cl)cc2)o1)CC(F)(F)F.